The van der Waals surface area contributed by atoms with Crippen LogP contribution in [-0.4, -0.2) is 33.0 Å². The van der Waals surface area contributed by atoms with E-state index in [2.05, 4.69) is 6.07 Å². The van der Waals surface area contributed by atoms with Crippen molar-refractivity contribution in [2.45, 2.75) is 30.8 Å². The zero-order chi connectivity index (χ0) is 17.3. The molecule has 1 heterocycles. The molecule has 0 saturated heterocycles. The fourth-order valence-corrected chi connectivity index (χ4v) is 4.87. The summed E-state index contributed by atoms with van der Waals surface area (Å²) in [7, 11) is -0.721. The molecule has 0 N–H and O–H groups in total. The van der Waals surface area contributed by atoms with Crippen LogP contribution in [-0.2, 0) is 23.0 Å². The van der Waals surface area contributed by atoms with Crippen molar-refractivity contribution in [3.05, 3.63) is 53.6 Å². The maximum absolute atomic E-state index is 13.2. The van der Waals surface area contributed by atoms with Crippen molar-refractivity contribution in [3.63, 3.8) is 0 Å². The van der Waals surface area contributed by atoms with Gasteiger partial charge in [-0.25, -0.2) is 8.42 Å². The minimum atomic E-state index is -3.70. The van der Waals surface area contributed by atoms with E-state index < -0.39 is 10.0 Å². The van der Waals surface area contributed by atoms with E-state index in [1.165, 1.54) is 30.2 Å². The Morgan fingerprint density at radius 2 is 1.75 bits per heavy atom. The molecule has 0 amide bonds. The Kier molecular flexibility index (Phi) is 4.51. The van der Waals surface area contributed by atoms with Crippen molar-refractivity contribution < 1.29 is 17.9 Å². The van der Waals surface area contributed by atoms with E-state index in [0.29, 0.717) is 24.5 Å². The molecule has 2 aromatic rings. The molecule has 2 aromatic carbocycles. The molecule has 128 valence electrons. The monoisotopic (exact) mass is 347 g/mol. The molecule has 6 heteroatoms. The Balaban J connectivity index is 2.05. The average molecular weight is 347 g/mol. The van der Waals surface area contributed by atoms with Crippen LogP contribution in [0, 0.1) is 0 Å². The molecular formula is C18H21NO4S. The first-order valence-electron chi connectivity index (χ1n) is 7.78. The van der Waals surface area contributed by atoms with Gasteiger partial charge < -0.3 is 9.47 Å². The molecule has 0 radical (unpaired) electrons. The van der Waals surface area contributed by atoms with Gasteiger partial charge in [0.25, 0.3) is 0 Å². The second kappa shape index (κ2) is 6.45. The van der Waals surface area contributed by atoms with Crippen LogP contribution in [0.1, 0.15) is 18.1 Å². The van der Waals surface area contributed by atoms with Crippen molar-refractivity contribution in [2.75, 3.05) is 14.2 Å². The van der Waals surface area contributed by atoms with Gasteiger partial charge in [0.1, 0.15) is 16.4 Å². The molecule has 0 aliphatic carbocycles. The molecule has 3 rings (SSSR count). The van der Waals surface area contributed by atoms with Gasteiger partial charge in [0, 0.05) is 18.7 Å². The molecule has 1 unspecified atom stereocenters. The Bertz CT molecular complexity index is 848. The predicted octanol–water partition coefficient (Wildman–Crippen LogP) is 2.84. The van der Waals surface area contributed by atoms with Crippen LogP contribution in [0.5, 0.6) is 11.5 Å². The summed E-state index contributed by atoms with van der Waals surface area (Å²) in [4.78, 5) is 0.135. The van der Waals surface area contributed by atoms with Crippen LogP contribution in [0.25, 0.3) is 0 Å². The lowest BCUT2D eigenvalue weighted by Gasteiger charge is -2.34. The predicted molar refractivity (Wildman–Crippen MR) is 91.9 cm³/mol. The summed E-state index contributed by atoms with van der Waals surface area (Å²) < 4.78 is 38.5. The van der Waals surface area contributed by atoms with Crippen molar-refractivity contribution >= 4 is 10.0 Å². The first kappa shape index (κ1) is 16.8. The highest BCUT2D eigenvalue weighted by atomic mass is 32.2. The molecule has 1 aliphatic heterocycles. The number of sulfonamides is 1. The smallest absolute Gasteiger partial charge is 0.247 e. The van der Waals surface area contributed by atoms with Crippen molar-refractivity contribution in [1.82, 2.24) is 4.31 Å². The van der Waals surface area contributed by atoms with Crippen LogP contribution in [0.15, 0.2) is 47.4 Å². The summed E-state index contributed by atoms with van der Waals surface area (Å²) in [6.07, 6.45) is 0.696. The van der Waals surface area contributed by atoms with E-state index in [9.17, 15) is 8.42 Å². The van der Waals surface area contributed by atoms with Crippen LogP contribution in [0.2, 0.25) is 0 Å². The fraction of sp³-hybridized carbons (Fsp3) is 0.333. The summed E-state index contributed by atoms with van der Waals surface area (Å²) in [5.74, 6) is 0.807. The first-order chi connectivity index (χ1) is 11.5. The lowest BCUT2D eigenvalue weighted by Crippen LogP contribution is -2.42. The maximum Gasteiger partial charge on any atom is 0.247 e. The number of hydrogen-bond acceptors (Lipinski definition) is 4. The zero-order valence-electron chi connectivity index (χ0n) is 14.0. The van der Waals surface area contributed by atoms with Gasteiger partial charge in [-0.05, 0) is 36.6 Å². The Morgan fingerprint density at radius 1 is 1.04 bits per heavy atom. The SMILES string of the molecule is COc1ccc(OC)c(S(=O)(=O)N2Cc3ccccc3CC2C)c1. The standard InChI is InChI=1S/C18H21NO4S/c1-13-10-14-6-4-5-7-15(14)12-19(13)24(20,21)18-11-16(22-2)8-9-17(18)23-3/h4-9,11,13H,10,12H2,1-3H3. The third-order valence-corrected chi connectivity index (χ3v) is 6.39. The highest BCUT2D eigenvalue weighted by Gasteiger charge is 2.35. The number of fused-ring (bicyclic) bond motifs is 1. The molecule has 0 fully saturated rings. The van der Waals surface area contributed by atoms with Crippen LogP contribution in [0.3, 0.4) is 0 Å². The number of ether oxygens (including phenoxy) is 2. The maximum atomic E-state index is 13.2. The third kappa shape index (κ3) is 2.87. The zero-order valence-corrected chi connectivity index (χ0v) is 14.8. The molecule has 0 aromatic heterocycles. The summed E-state index contributed by atoms with van der Waals surface area (Å²) in [5.41, 5.74) is 2.25. The fourth-order valence-electron chi connectivity index (χ4n) is 3.09. The van der Waals surface area contributed by atoms with Crippen LogP contribution in [0.4, 0.5) is 0 Å². The highest BCUT2D eigenvalue weighted by Crippen LogP contribution is 2.34. The van der Waals surface area contributed by atoms with E-state index in [4.69, 9.17) is 9.47 Å². The topological polar surface area (TPSA) is 55.8 Å². The molecule has 1 aliphatic rings. The van der Waals surface area contributed by atoms with Gasteiger partial charge in [0.15, 0.2) is 0 Å². The van der Waals surface area contributed by atoms with Crippen LogP contribution >= 0.6 is 0 Å². The van der Waals surface area contributed by atoms with Crippen LogP contribution < -0.4 is 9.47 Å². The number of benzene rings is 2. The lowest BCUT2D eigenvalue weighted by molar-refractivity contribution is 0.306. The Labute approximate surface area is 142 Å². The number of rotatable bonds is 4. The normalized spacial score (nSPS) is 18.0. The molecular weight excluding hydrogens is 326 g/mol. The molecule has 0 saturated carbocycles. The van der Waals surface area contributed by atoms with Gasteiger partial charge in [-0.3, -0.25) is 0 Å². The Hall–Kier alpha value is -2.05. The summed E-state index contributed by atoms with van der Waals surface area (Å²) >= 11 is 0. The summed E-state index contributed by atoms with van der Waals surface area (Å²) in [5, 5.41) is 0. The minimum Gasteiger partial charge on any atom is -0.497 e. The third-order valence-electron chi connectivity index (χ3n) is 4.41. The minimum absolute atomic E-state index is 0.124. The van der Waals surface area contributed by atoms with Crippen molar-refractivity contribution in [3.8, 4) is 11.5 Å². The van der Waals surface area contributed by atoms with Crippen molar-refractivity contribution in [2.24, 2.45) is 0 Å². The number of methoxy groups -OCH3 is 2. The molecule has 0 spiro atoms. The van der Waals surface area contributed by atoms with Gasteiger partial charge in [-0.1, -0.05) is 24.3 Å². The van der Waals surface area contributed by atoms with E-state index in [1.807, 2.05) is 25.1 Å². The van der Waals surface area contributed by atoms with E-state index in [1.54, 1.807) is 12.1 Å². The summed E-state index contributed by atoms with van der Waals surface area (Å²) in [6, 6.07) is 12.7. The van der Waals surface area contributed by atoms with Gasteiger partial charge in [-0.15, -0.1) is 0 Å². The number of hydrogen-bond donors (Lipinski definition) is 0. The van der Waals surface area contributed by atoms with E-state index >= 15 is 0 Å². The second-order valence-corrected chi connectivity index (χ2v) is 7.75. The van der Waals surface area contributed by atoms with Gasteiger partial charge in [0.2, 0.25) is 10.0 Å². The Morgan fingerprint density at radius 3 is 2.42 bits per heavy atom. The number of nitrogens with zero attached hydrogens (tertiary/aromatic N) is 1. The largest absolute Gasteiger partial charge is 0.497 e. The molecule has 1 atom stereocenters. The quantitative estimate of drug-likeness (QED) is 0.853. The van der Waals surface area contributed by atoms with Gasteiger partial charge in [0.05, 0.1) is 14.2 Å². The van der Waals surface area contributed by atoms with Crippen molar-refractivity contribution in [1.29, 1.82) is 0 Å². The van der Waals surface area contributed by atoms with Gasteiger partial charge >= 0.3 is 0 Å². The molecule has 5 nitrogen and oxygen atoms in total. The molecule has 24 heavy (non-hydrogen) atoms. The van der Waals surface area contributed by atoms with E-state index in [0.717, 1.165) is 5.56 Å². The van der Waals surface area contributed by atoms with E-state index in [-0.39, 0.29) is 10.9 Å². The second-order valence-electron chi connectivity index (χ2n) is 5.89. The van der Waals surface area contributed by atoms with Gasteiger partial charge in [-0.2, -0.15) is 4.31 Å². The first-order valence-corrected chi connectivity index (χ1v) is 9.22. The lowest BCUT2D eigenvalue weighted by atomic mass is 9.97. The summed E-state index contributed by atoms with van der Waals surface area (Å²) in [6.45, 7) is 2.29. The average Bonchev–Trinajstić information content (AvgIpc) is 2.60. The highest BCUT2D eigenvalue weighted by molar-refractivity contribution is 7.89. The molecule has 0 bridgehead atoms.